The van der Waals surface area contributed by atoms with Crippen LogP contribution in [-0.4, -0.2) is 18.4 Å². The Morgan fingerprint density at radius 3 is 2.25 bits per heavy atom. The van der Waals surface area contributed by atoms with E-state index in [1.807, 2.05) is 0 Å². The van der Waals surface area contributed by atoms with Crippen LogP contribution in [0.1, 0.15) is 38.7 Å². The van der Waals surface area contributed by atoms with Gasteiger partial charge in [0.05, 0.1) is 0 Å². The van der Waals surface area contributed by atoms with Crippen molar-refractivity contribution in [2.45, 2.75) is 45.0 Å². The molecule has 0 amide bonds. The van der Waals surface area contributed by atoms with Crippen LogP contribution in [0.4, 0.5) is 13.2 Å². The standard InChI is InChI=1S/C15H20F3NO/c1-14(2,3)19-9-11-8-13(11)10-4-6-12(7-5-10)20-15(16,17)18/h4-7,11,13,19H,8-9H2,1-3H3. The van der Waals surface area contributed by atoms with E-state index in [2.05, 4.69) is 30.8 Å². The number of nitrogens with one attached hydrogen (secondary N) is 1. The van der Waals surface area contributed by atoms with E-state index >= 15 is 0 Å². The maximum atomic E-state index is 12.1. The zero-order chi connectivity index (χ0) is 15.0. The summed E-state index contributed by atoms with van der Waals surface area (Å²) in [5.41, 5.74) is 1.18. The van der Waals surface area contributed by atoms with Gasteiger partial charge in [0.25, 0.3) is 0 Å². The van der Waals surface area contributed by atoms with E-state index in [0.717, 1.165) is 18.5 Å². The van der Waals surface area contributed by atoms with E-state index in [9.17, 15) is 13.2 Å². The van der Waals surface area contributed by atoms with Gasteiger partial charge in [-0.2, -0.15) is 0 Å². The van der Waals surface area contributed by atoms with Crippen LogP contribution in [0, 0.1) is 5.92 Å². The lowest BCUT2D eigenvalue weighted by Crippen LogP contribution is -2.37. The molecule has 1 aliphatic rings. The largest absolute Gasteiger partial charge is 0.573 e. The van der Waals surface area contributed by atoms with E-state index < -0.39 is 6.36 Å². The highest BCUT2D eigenvalue weighted by molar-refractivity contribution is 5.32. The summed E-state index contributed by atoms with van der Waals surface area (Å²) in [7, 11) is 0. The van der Waals surface area contributed by atoms with Crippen LogP contribution in [0.2, 0.25) is 0 Å². The average Bonchev–Trinajstić information content (AvgIpc) is 3.04. The zero-order valence-corrected chi connectivity index (χ0v) is 11.9. The van der Waals surface area contributed by atoms with Crippen molar-refractivity contribution in [3.8, 4) is 5.75 Å². The highest BCUT2D eigenvalue weighted by Gasteiger charge is 2.38. The van der Waals surface area contributed by atoms with Crippen molar-refractivity contribution in [1.82, 2.24) is 5.32 Å². The van der Waals surface area contributed by atoms with Crippen LogP contribution in [0.3, 0.4) is 0 Å². The quantitative estimate of drug-likeness (QED) is 0.901. The van der Waals surface area contributed by atoms with Crippen molar-refractivity contribution in [3.63, 3.8) is 0 Å². The third-order valence-corrected chi connectivity index (χ3v) is 3.36. The predicted molar refractivity (Wildman–Crippen MR) is 71.7 cm³/mol. The Morgan fingerprint density at radius 2 is 1.75 bits per heavy atom. The third kappa shape index (κ3) is 4.71. The van der Waals surface area contributed by atoms with Gasteiger partial charge in [0.1, 0.15) is 5.75 Å². The zero-order valence-electron chi connectivity index (χ0n) is 11.9. The molecule has 0 radical (unpaired) electrons. The average molecular weight is 287 g/mol. The van der Waals surface area contributed by atoms with Gasteiger partial charge in [-0.15, -0.1) is 13.2 Å². The maximum absolute atomic E-state index is 12.1. The lowest BCUT2D eigenvalue weighted by molar-refractivity contribution is -0.274. The summed E-state index contributed by atoms with van der Waals surface area (Å²) in [5, 5.41) is 3.45. The number of hydrogen-bond acceptors (Lipinski definition) is 2. The van der Waals surface area contributed by atoms with Crippen LogP contribution in [-0.2, 0) is 0 Å². The first-order chi connectivity index (χ1) is 9.14. The van der Waals surface area contributed by atoms with Crippen molar-refractivity contribution >= 4 is 0 Å². The molecule has 1 saturated carbocycles. The van der Waals surface area contributed by atoms with Gasteiger partial charge < -0.3 is 10.1 Å². The number of ether oxygens (including phenoxy) is 1. The molecule has 20 heavy (non-hydrogen) atoms. The normalized spacial score (nSPS) is 22.7. The molecule has 2 rings (SSSR count). The fourth-order valence-electron chi connectivity index (χ4n) is 2.24. The Labute approximate surface area is 117 Å². The van der Waals surface area contributed by atoms with Gasteiger partial charge in [-0.3, -0.25) is 0 Å². The van der Waals surface area contributed by atoms with E-state index in [-0.39, 0.29) is 11.3 Å². The second-order valence-corrected chi connectivity index (χ2v) is 6.35. The second kappa shape index (κ2) is 5.28. The minimum atomic E-state index is -4.62. The summed E-state index contributed by atoms with van der Waals surface area (Å²) in [6.07, 6.45) is -3.54. The second-order valence-electron chi connectivity index (χ2n) is 6.35. The van der Waals surface area contributed by atoms with Crippen molar-refractivity contribution in [3.05, 3.63) is 29.8 Å². The van der Waals surface area contributed by atoms with E-state index in [1.165, 1.54) is 12.1 Å². The predicted octanol–water partition coefficient (Wildman–Crippen LogP) is 4.08. The topological polar surface area (TPSA) is 21.3 Å². The molecule has 0 aromatic heterocycles. The van der Waals surface area contributed by atoms with Crippen molar-refractivity contribution in [2.75, 3.05) is 6.54 Å². The molecule has 1 aliphatic carbocycles. The fraction of sp³-hybridized carbons (Fsp3) is 0.600. The molecule has 2 nitrogen and oxygen atoms in total. The minimum Gasteiger partial charge on any atom is -0.406 e. The molecule has 2 atom stereocenters. The Morgan fingerprint density at radius 1 is 1.15 bits per heavy atom. The lowest BCUT2D eigenvalue weighted by Gasteiger charge is -2.20. The third-order valence-electron chi connectivity index (χ3n) is 3.36. The monoisotopic (exact) mass is 287 g/mol. The molecule has 0 heterocycles. The molecule has 1 N–H and O–H groups in total. The summed E-state index contributed by atoms with van der Waals surface area (Å²) in [6, 6.07) is 6.22. The molecule has 0 bridgehead atoms. The molecule has 2 unspecified atom stereocenters. The van der Waals surface area contributed by atoms with Crippen LogP contribution in [0.15, 0.2) is 24.3 Å². The molecule has 0 spiro atoms. The van der Waals surface area contributed by atoms with Crippen molar-refractivity contribution < 1.29 is 17.9 Å². The fourth-order valence-corrected chi connectivity index (χ4v) is 2.24. The summed E-state index contributed by atoms with van der Waals surface area (Å²) in [6.45, 7) is 7.30. The number of benzene rings is 1. The minimum absolute atomic E-state index is 0.0948. The maximum Gasteiger partial charge on any atom is 0.573 e. The molecular weight excluding hydrogens is 267 g/mol. The van der Waals surface area contributed by atoms with Gasteiger partial charge in [0.15, 0.2) is 0 Å². The lowest BCUT2D eigenvalue weighted by atomic mass is 10.1. The molecule has 0 aliphatic heterocycles. The molecule has 5 heteroatoms. The molecule has 0 saturated heterocycles. The van der Waals surface area contributed by atoms with Crippen LogP contribution in [0.25, 0.3) is 0 Å². The first kappa shape index (κ1) is 15.2. The van der Waals surface area contributed by atoms with Gasteiger partial charge in [-0.25, -0.2) is 0 Å². The summed E-state index contributed by atoms with van der Waals surface area (Å²) >= 11 is 0. The molecule has 1 aromatic carbocycles. The Balaban J connectivity index is 1.86. The summed E-state index contributed by atoms with van der Waals surface area (Å²) in [4.78, 5) is 0. The number of halogens is 3. The molecule has 1 aromatic rings. The number of hydrogen-bond donors (Lipinski definition) is 1. The SMILES string of the molecule is CC(C)(C)NCC1CC1c1ccc(OC(F)(F)F)cc1. The highest BCUT2D eigenvalue weighted by atomic mass is 19.4. The van der Waals surface area contributed by atoms with Crippen molar-refractivity contribution in [2.24, 2.45) is 5.92 Å². The van der Waals surface area contributed by atoms with Crippen molar-refractivity contribution in [1.29, 1.82) is 0 Å². The number of rotatable bonds is 4. The van der Waals surface area contributed by atoms with Crippen LogP contribution >= 0.6 is 0 Å². The first-order valence-electron chi connectivity index (χ1n) is 6.75. The van der Waals surface area contributed by atoms with Gasteiger partial charge in [-0.1, -0.05) is 12.1 Å². The Hall–Kier alpha value is -1.23. The van der Waals surface area contributed by atoms with Gasteiger partial charge in [-0.05, 0) is 63.3 Å². The van der Waals surface area contributed by atoms with Gasteiger partial charge >= 0.3 is 6.36 Å². The molecule has 112 valence electrons. The van der Waals surface area contributed by atoms with Gasteiger partial charge in [0.2, 0.25) is 0 Å². The Bertz CT molecular complexity index is 448. The van der Waals surface area contributed by atoms with Crippen LogP contribution < -0.4 is 10.1 Å². The first-order valence-corrected chi connectivity index (χ1v) is 6.75. The van der Waals surface area contributed by atoms with E-state index in [1.54, 1.807) is 12.1 Å². The highest BCUT2D eigenvalue weighted by Crippen LogP contribution is 2.47. The summed E-state index contributed by atoms with van der Waals surface area (Å²) in [5.74, 6) is 0.861. The van der Waals surface area contributed by atoms with Crippen LogP contribution in [0.5, 0.6) is 5.75 Å². The molecular formula is C15H20F3NO. The Kier molecular flexibility index (Phi) is 4.00. The smallest absolute Gasteiger partial charge is 0.406 e. The molecule has 1 fully saturated rings. The van der Waals surface area contributed by atoms with E-state index in [4.69, 9.17) is 0 Å². The number of alkyl halides is 3. The van der Waals surface area contributed by atoms with Gasteiger partial charge in [0, 0.05) is 5.54 Å². The summed E-state index contributed by atoms with van der Waals surface area (Å²) < 4.78 is 40.0. The van der Waals surface area contributed by atoms with E-state index in [0.29, 0.717) is 11.8 Å².